The minimum atomic E-state index is -4.79. The van der Waals surface area contributed by atoms with Crippen LogP contribution in [0.4, 0.5) is 18.0 Å². The van der Waals surface area contributed by atoms with Crippen LogP contribution in [0.1, 0.15) is 12.5 Å². The third-order valence-corrected chi connectivity index (χ3v) is 5.67. The Balaban J connectivity index is 1.66. The summed E-state index contributed by atoms with van der Waals surface area (Å²) in [5.41, 5.74) is 2.59. The van der Waals surface area contributed by atoms with Crippen molar-refractivity contribution in [2.75, 3.05) is 13.7 Å². The molecule has 0 unspecified atom stereocenters. The molecule has 0 fully saturated rings. The third-order valence-electron chi connectivity index (χ3n) is 5.37. The molecule has 4 rings (SSSR count). The van der Waals surface area contributed by atoms with E-state index in [1.165, 1.54) is 25.4 Å². The van der Waals surface area contributed by atoms with Crippen molar-refractivity contribution in [1.82, 2.24) is 4.98 Å². The molecule has 0 amide bonds. The topological polar surface area (TPSA) is 76.1 Å². The molecule has 4 aromatic rings. The van der Waals surface area contributed by atoms with Gasteiger partial charge in [0.1, 0.15) is 17.2 Å². The van der Waals surface area contributed by atoms with Gasteiger partial charge in [0.2, 0.25) is 0 Å². The van der Waals surface area contributed by atoms with E-state index in [9.17, 15) is 18.0 Å². The number of halogens is 4. The Hall–Kier alpha value is -4.18. The average Bonchev–Trinajstić information content (AvgIpc) is 2.84. The molecule has 0 aliphatic carbocycles. The monoisotopic (exact) mass is 547 g/mol. The molecule has 0 spiro atoms. The molecule has 0 saturated heterocycles. The number of carbonyl (C=O) groups is 1. The van der Waals surface area contributed by atoms with Gasteiger partial charge in [0.05, 0.1) is 24.3 Å². The first-order valence-electron chi connectivity index (χ1n) is 11.2. The van der Waals surface area contributed by atoms with Gasteiger partial charge in [0.25, 0.3) is 0 Å². The Morgan fingerprint density at radius 1 is 1.00 bits per heavy atom. The summed E-state index contributed by atoms with van der Waals surface area (Å²) in [6, 6.07) is 13.4. The molecule has 198 valence electrons. The van der Waals surface area contributed by atoms with Crippen molar-refractivity contribution < 1.29 is 41.7 Å². The number of alkyl halides is 3. The van der Waals surface area contributed by atoms with Crippen LogP contribution in [0.3, 0.4) is 0 Å². The lowest BCUT2D eigenvalue weighted by Gasteiger charge is -2.18. The maximum absolute atomic E-state index is 12.4. The molecular weight excluding hydrogens is 527 g/mol. The Morgan fingerprint density at radius 3 is 2.37 bits per heavy atom. The number of carbonyl (C=O) groups excluding carboxylic acids is 1. The predicted molar refractivity (Wildman–Crippen MR) is 134 cm³/mol. The molecule has 3 aromatic carbocycles. The van der Waals surface area contributed by atoms with Gasteiger partial charge >= 0.3 is 12.5 Å². The third kappa shape index (κ3) is 6.03. The smallest absolute Gasteiger partial charge is 0.493 e. The first kappa shape index (κ1) is 26.9. The summed E-state index contributed by atoms with van der Waals surface area (Å²) in [6.45, 7) is 3.66. The average molecular weight is 548 g/mol. The number of fused-ring (bicyclic) bond motifs is 1. The largest absolute Gasteiger partial charge is 0.573 e. The van der Waals surface area contributed by atoms with Gasteiger partial charge in [-0.2, -0.15) is 0 Å². The van der Waals surface area contributed by atoms with Gasteiger partial charge in [-0.3, -0.25) is 4.98 Å². The second-order valence-electron chi connectivity index (χ2n) is 7.84. The summed E-state index contributed by atoms with van der Waals surface area (Å²) in [4.78, 5) is 16.2. The van der Waals surface area contributed by atoms with Crippen LogP contribution in [-0.2, 0) is 4.74 Å². The molecule has 0 aliphatic heterocycles. The van der Waals surface area contributed by atoms with Crippen LogP contribution in [0.5, 0.6) is 28.7 Å². The van der Waals surface area contributed by atoms with Crippen molar-refractivity contribution in [2.24, 2.45) is 0 Å². The predicted octanol–water partition coefficient (Wildman–Crippen LogP) is 8.10. The van der Waals surface area contributed by atoms with E-state index >= 15 is 0 Å². The molecule has 1 aromatic heterocycles. The van der Waals surface area contributed by atoms with Crippen molar-refractivity contribution in [1.29, 1.82) is 0 Å². The molecule has 0 N–H and O–H groups in total. The number of hydrogen-bond donors (Lipinski definition) is 0. The first-order chi connectivity index (χ1) is 18.1. The van der Waals surface area contributed by atoms with Gasteiger partial charge in [-0.05, 0) is 55.8 Å². The highest BCUT2D eigenvalue weighted by molar-refractivity contribution is 6.34. The summed E-state index contributed by atoms with van der Waals surface area (Å²) in [5, 5.41) is 0.941. The zero-order valence-electron chi connectivity index (χ0n) is 20.4. The van der Waals surface area contributed by atoms with Gasteiger partial charge < -0.3 is 23.7 Å². The van der Waals surface area contributed by atoms with Crippen LogP contribution in [0, 0.1) is 6.92 Å². The molecular formula is C27H21ClF3NO6. The fourth-order valence-electron chi connectivity index (χ4n) is 3.85. The zero-order valence-corrected chi connectivity index (χ0v) is 21.1. The molecule has 38 heavy (non-hydrogen) atoms. The van der Waals surface area contributed by atoms with Gasteiger partial charge in [-0.25, -0.2) is 4.79 Å². The lowest BCUT2D eigenvalue weighted by atomic mass is 9.97. The summed E-state index contributed by atoms with van der Waals surface area (Å²) in [7, 11) is 1.47. The standard InChI is InChI=1S/C27H21ClF3NO6/c1-4-35-26(33)37-22-11-12-32-21-13-16(5-10-19(21)22)24-15(2)25(34-3)23(14-20(24)28)36-17-6-8-18(9-7-17)38-27(29,30)31/h5-14H,4H2,1-3H3. The van der Waals surface area contributed by atoms with Crippen molar-refractivity contribution in [3.63, 3.8) is 0 Å². The van der Waals surface area contributed by atoms with E-state index in [0.717, 1.165) is 17.7 Å². The van der Waals surface area contributed by atoms with Crippen LogP contribution in [-0.4, -0.2) is 31.2 Å². The number of benzene rings is 3. The normalized spacial score (nSPS) is 11.2. The maximum Gasteiger partial charge on any atom is 0.573 e. The molecule has 0 radical (unpaired) electrons. The molecule has 0 saturated carbocycles. The van der Waals surface area contributed by atoms with Crippen molar-refractivity contribution in [2.45, 2.75) is 20.2 Å². The van der Waals surface area contributed by atoms with Crippen molar-refractivity contribution in [3.8, 4) is 39.9 Å². The van der Waals surface area contributed by atoms with Crippen LogP contribution >= 0.6 is 11.6 Å². The minimum absolute atomic E-state index is 0.184. The maximum atomic E-state index is 12.4. The Labute approximate surface area is 220 Å². The molecule has 11 heteroatoms. The van der Waals surface area contributed by atoms with E-state index in [1.807, 2.05) is 0 Å². The van der Waals surface area contributed by atoms with Crippen LogP contribution in [0.25, 0.3) is 22.0 Å². The van der Waals surface area contributed by atoms with Crippen molar-refractivity contribution >= 4 is 28.7 Å². The van der Waals surface area contributed by atoms with E-state index < -0.39 is 12.5 Å². The second-order valence-corrected chi connectivity index (χ2v) is 8.24. The van der Waals surface area contributed by atoms with E-state index in [4.69, 9.17) is 30.5 Å². The van der Waals surface area contributed by atoms with Crippen LogP contribution < -0.4 is 18.9 Å². The SMILES string of the molecule is CCOC(=O)Oc1ccnc2cc(-c3c(Cl)cc(Oc4ccc(OC(F)(F)F)cc4)c(OC)c3C)ccc12. The number of rotatable bonds is 7. The summed E-state index contributed by atoms with van der Waals surface area (Å²) >= 11 is 6.66. The summed E-state index contributed by atoms with van der Waals surface area (Å²) in [6.07, 6.45) is -4.09. The fourth-order valence-corrected chi connectivity index (χ4v) is 4.20. The molecule has 1 heterocycles. The van der Waals surface area contributed by atoms with Gasteiger partial charge in [-0.15, -0.1) is 13.2 Å². The lowest BCUT2D eigenvalue weighted by molar-refractivity contribution is -0.274. The van der Waals surface area contributed by atoms with E-state index in [1.54, 1.807) is 44.2 Å². The fraction of sp³-hybridized carbons (Fsp3) is 0.185. The van der Waals surface area contributed by atoms with Gasteiger partial charge in [-0.1, -0.05) is 17.7 Å². The minimum Gasteiger partial charge on any atom is -0.493 e. The second kappa shape index (κ2) is 11.1. The zero-order chi connectivity index (χ0) is 27.4. The Bertz CT molecular complexity index is 1470. The Morgan fingerprint density at radius 2 is 1.71 bits per heavy atom. The highest BCUT2D eigenvalue weighted by Gasteiger charge is 2.31. The quantitative estimate of drug-likeness (QED) is 0.216. The van der Waals surface area contributed by atoms with Crippen LogP contribution in [0.15, 0.2) is 60.8 Å². The lowest BCUT2D eigenvalue weighted by Crippen LogP contribution is -2.16. The first-order valence-corrected chi connectivity index (χ1v) is 11.6. The molecule has 0 bridgehead atoms. The summed E-state index contributed by atoms with van der Waals surface area (Å²) in [5.74, 6) is 0.836. The highest BCUT2D eigenvalue weighted by Crippen LogP contribution is 2.45. The van der Waals surface area contributed by atoms with Crippen molar-refractivity contribution in [3.05, 3.63) is 71.4 Å². The number of pyridine rings is 1. The summed E-state index contributed by atoms with van der Waals surface area (Å²) < 4.78 is 62.7. The number of hydrogen-bond acceptors (Lipinski definition) is 7. The number of ether oxygens (including phenoxy) is 5. The molecule has 0 atom stereocenters. The number of aromatic nitrogens is 1. The Kier molecular flexibility index (Phi) is 7.82. The molecule has 7 nitrogen and oxygen atoms in total. The van der Waals surface area contributed by atoms with Gasteiger partial charge in [0.15, 0.2) is 11.5 Å². The number of methoxy groups -OCH3 is 1. The van der Waals surface area contributed by atoms with E-state index in [-0.39, 0.29) is 23.9 Å². The highest BCUT2D eigenvalue weighted by atomic mass is 35.5. The van der Waals surface area contributed by atoms with Crippen LogP contribution in [0.2, 0.25) is 5.02 Å². The van der Waals surface area contributed by atoms with E-state index in [2.05, 4.69) is 9.72 Å². The van der Waals surface area contributed by atoms with Gasteiger partial charge in [0, 0.05) is 34.8 Å². The number of nitrogens with zero attached hydrogens (tertiary/aromatic N) is 1. The van der Waals surface area contributed by atoms with E-state index in [0.29, 0.717) is 38.6 Å². The molecule has 0 aliphatic rings.